The molecule has 3 rings (SSSR count). The van der Waals surface area contributed by atoms with E-state index in [4.69, 9.17) is 4.74 Å². The van der Waals surface area contributed by atoms with Gasteiger partial charge in [-0.25, -0.2) is 0 Å². The number of nitrogens with one attached hydrogen (secondary N) is 1. The monoisotopic (exact) mass is 322 g/mol. The normalized spacial score (nSPS) is 12.1. The second-order valence-corrected chi connectivity index (χ2v) is 6.06. The fraction of sp³-hybridized carbons (Fsp3) is 0.250. The predicted octanol–water partition coefficient (Wildman–Crippen LogP) is 4.32. The van der Waals surface area contributed by atoms with Gasteiger partial charge in [-0.3, -0.25) is 4.79 Å². The van der Waals surface area contributed by atoms with Crippen LogP contribution in [0.1, 0.15) is 24.8 Å². The van der Waals surface area contributed by atoms with Crippen molar-refractivity contribution in [3.63, 3.8) is 0 Å². The number of carbonyl (C=O) groups is 1. The number of rotatable bonds is 5. The van der Waals surface area contributed by atoms with Crippen LogP contribution in [-0.2, 0) is 11.8 Å². The third kappa shape index (κ3) is 3.13. The van der Waals surface area contributed by atoms with Crippen molar-refractivity contribution in [1.29, 1.82) is 0 Å². The van der Waals surface area contributed by atoms with E-state index in [1.807, 2.05) is 73.3 Å². The lowest BCUT2D eigenvalue weighted by Gasteiger charge is -2.15. The maximum atomic E-state index is 12.5. The number of amides is 1. The third-order valence-corrected chi connectivity index (χ3v) is 4.36. The molecule has 1 amide bonds. The van der Waals surface area contributed by atoms with Crippen LogP contribution >= 0.6 is 0 Å². The van der Waals surface area contributed by atoms with Gasteiger partial charge in [0.05, 0.1) is 12.8 Å². The Balaban J connectivity index is 1.75. The number of benzene rings is 2. The van der Waals surface area contributed by atoms with Crippen LogP contribution in [0.15, 0.2) is 54.7 Å². The first kappa shape index (κ1) is 16.1. The largest absolute Gasteiger partial charge is 0.496 e. The van der Waals surface area contributed by atoms with Crippen molar-refractivity contribution >= 4 is 22.5 Å². The Labute approximate surface area is 142 Å². The lowest BCUT2D eigenvalue weighted by atomic mass is 9.96. The van der Waals surface area contributed by atoms with Gasteiger partial charge in [-0.15, -0.1) is 0 Å². The Morgan fingerprint density at radius 1 is 1.17 bits per heavy atom. The van der Waals surface area contributed by atoms with Crippen LogP contribution < -0.4 is 10.1 Å². The van der Waals surface area contributed by atoms with Gasteiger partial charge in [-0.2, -0.15) is 0 Å². The molecule has 4 heteroatoms. The van der Waals surface area contributed by atoms with Crippen LogP contribution in [-0.4, -0.2) is 17.6 Å². The smallest absolute Gasteiger partial charge is 0.224 e. The molecule has 4 nitrogen and oxygen atoms in total. The number of hydrogen-bond donors (Lipinski definition) is 1. The first-order chi connectivity index (χ1) is 11.6. The van der Waals surface area contributed by atoms with Crippen molar-refractivity contribution in [2.75, 3.05) is 12.4 Å². The highest BCUT2D eigenvalue weighted by molar-refractivity contribution is 6.01. The summed E-state index contributed by atoms with van der Waals surface area (Å²) in [7, 11) is 3.65. The molecule has 1 atom stereocenters. The Hall–Kier alpha value is -2.75. The minimum Gasteiger partial charge on any atom is -0.496 e. The zero-order valence-electron chi connectivity index (χ0n) is 14.2. The first-order valence-corrected chi connectivity index (χ1v) is 8.07. The van der Waals surface area contributed by atoms with Crippen LogP contribution in [0.2, 0.25) is 0 Å². The maximum Gasteiger partial charge on any atom is 0.224 e. The van der Waals surface area contributed by atoms with Gasteiger partial charge in [0, 0.05) is 30.6 Å². The number of fused-ring (bicyclic) bond motifs is 1. The number of nitrogens with zero attached hydrogens (tertiary/aromatic N) is 1. The third-order valence-electron chi connectivity index (χ3n) is 4.36. The minimum atomic E-state index is 0.00441. The zero-order valence-corrected chi connectivity index (χ0v) is 14.2. The van der Waals surface area contributed by atoms with Gasteiger partial charge in [0.2, 0.25) is 5.91 Å². The zero-order chi connectivity index (χ0) is 17.1. The molecule has 0 aliphatic rings. The van der Waals surface area contributed by atoms with E-state index >= 15 is 0 Å². The summed E-state index contributed by atoms with van der Waals surface area (Å²) in [5.74, 6) is 0.906. The van der Waals surface area contributed by atoms with Gasteiger partial charge in [0.15, 0.2) is 0 Å². The van der Waals surface area contributed by atoms with Crippen molar-refractivity contribution in [3.05, 3.63) is 60.3 Å². The van der Waals surface area contributed by atoms with Crippen LogP contribution in [0.5, 0.6) is 5.75 Å². The molecular formula is C20H22N2O2. The number of aryl methyl sites for hydroxylation is 1. The molecule has 2 aromatic carbocycles. The molecule has 0 saturated heterocycles. The number of aromatic nitrogens is 1. The molecule has 24 heavy (non-hydrogen) atoms. The molecule has 0 fully saturated rings. The van der Waals surface area contributed by atoms with Gasteiger partial charge < -0.3 is 14.6 Å². The molecule has 1 unspecified atom stereocenters. The van der Waals surface area contributed by atoms with Crippen molar-refractivity contribution in [1.82, 2.24) is 4.57 Å². The SMILES string of the molecule is COc1ccccc1C(C)CC(=O)Nc1cccc2c1ccn2C. The Bertz CT molecular complexity index is 867. The summed E-state index contributed by atoms with van der Waals surface area (Å²) in [5.41, 5.74) is 3.00. The fourth-order valence-corrected chi connectivity index (χ4v) is 3.07. The summed E-state index contributed by atoms with van der Waals surface area (Å²) in [4.78, 5) is 12.5. The maximum absolute atomic E-state index is 12.5. The Kier molecular flexibility index (Phi) is 4.56. The van der Waals surface area contributed by atoms with Crippen molar-refractivity contribution in [3.8, 4) is 5.75 Å². The summed E-state index contributed by atoms with van der Waals surface area (Å²) < 4.78 is 7.44. The molecule has 0 spiro atoms. The average molecular weight is 322 g/mol. The molecule has 0 bridgehead atoms. The number of ether oxygens (including phenoxy) is 1. The standard InChI is InChI=1S/C20H22N2O2/c1-14(15-7-4-5-10-19(15)24-3)13-20(23)21-17-8-6-9-18-16(17)11-12-22(18)2/h4-12,14H,13H2,1-3H3,(H,21,23). The average Bonchev–Trinajstić information content (AvgIpc) is 2.97. The second-order valence-electron chi connectivity index (χ2n) is 6.06. The van der Waals surface area contributed by atoms with Crippen molar-refractivity contribution in [2.24, 2.45) is 7.05 Å². The van der Waals surface area contributed by atoms with E-state index in [9.17, 15) is 4.79 Å². The Morgan fingerprint density at radius 3 is 2.75 bits per heavy atom. The van der Waals surface area contributed by atoms with E-state index in [2.05, 4.69) is 5.32 Å². The van der Waals surface area contributed by atoms with Crippen LogP contribution in [0, 0.1) is 0 Å². The minimum absolute atomic E-state index is 0.00441. The van der Waals surface area contributed by atoms with E-state index in [0.717, 1.165) is 27.9 Å². The van der Waals surface area contributed by atoms with Crippen LogP contribution in [0.25, 0.3) is 10.9 Å². The summed E-state index contributed by atoms with van der Waals surface area (Å²) in [6.07, 6.45) is 2.40. The van der Waals surface area contributed by atoms with Crippen LogP contribution in [0.3, 0.4) is 0 Å². The van der Waals surface area contributed by atoms with Crippen molar-refractivity contribution in [2.45, 2.75) is 19.3 Å². The topological polar surface area (TPSA) is 43.3 Å². The van der Waals surface area contributed by atoms with Gasteiger partial charge in [-0.05, 0) is 35.7 Å². The highest BCUT2D eigenvalue weighted by Gasteiger charge is 2.16. The molecule has 0 aliphatic carbocycles. The number of anilines is 1. The van der Waals surface area contributed by atoms with Gasteiger partial charge in [0.1, 0.15) is 5.75 Å². The molecule has 0 radical (unpaired) electrons. The van der Waals surface area contributed by atoms with E-state index in [1.54, 1.807) is 7.11 Å². The molecule has 1 heterocycles. The van der Waals surface area contributed by atoms with Gasteiger partial charge in [0.25, 0.3) is 0 Å². The van der Waals surface area contributed by atoms with Gasteiger partial charge in [-0.1, -0.05) is 31.2 Å². The number of methoxy groups -OCH3 is 1. The molecule has 1 aromatic heterocycles. The summed E-state index contributed by atoms with van der Waals surface area (Å²) >= 11 is 0. The number of carbonyl (C=O) groups excluding carboxylic acids is 1. The summed E-state index contributed by atoms with van der Waals surface area (Å²) in [5, 5.41) is 4.10. The summed E-state index contributed by atoms with van der Waals surface area (Å²) in [6, 6.07) is 15.8. The fourth-order valence-electron chi connectivity index (χ4n) is 3.07. The molecule has 1 N–H and O–H groups in total. The summed E-state index contributed by atoms with van der Waals surface area (Å²) in [6.45, 7) is 2.04. The highest BCUT2D eigenvalue weighted by Crippen LogP contribution is 2.29. The van der Waals surface area contributed by atoms with Gasteiger partial charge >= 0.3 is 0 Å². The second kappa shape index (κ2) is 6.79. The van der Waals surface area contributed by atoms with E-state index in [0.29, 0.717) is 6.42 Å². The lowest BCUT2D eigenvalue weighted by molar-refractivity contribution is -0.116. The molecule has 124 valence electrons. The van der Waals surface area contributed by atoms with E-state index in [-0.39, 0.29) is 11.8 Å². The number of para-hydroxylation sites is 1. The van der Waals surface area contributed by atoms with Crippen molar-refractivity contribution < 1.29 is 9.53 Å². The molecule has 0 saturated carbocycles. The highest BCUT2D eigenvalue weighted by atomic mass is 16.5. The Morgan fingerprint density at radius 2 is 1.96 bits per heavy atom. The lowest BCUT2D eigenvalue weighted by Crippen LogP contribution is -2.15. The molecule has 3 aromatic rings. The van der Waals surface area contributed by atoms with E-state index < -0.39 is 0 Å². The molecular weight excluding hydrogens is 300 g/mol. The van der Waals surface area contributed by atoms with E-state index in [1.165, 1.54) is 0 Å². The first-order valence-electron chi connectivity index (χ1n) is 8.07. The predicted molar refractivity (Wildman–Crippen MR) is 97.6 cm³/mol. The quantitative estimate of drug-likeness (QED) is 0.760. The number of hydrogen-bond acceptors (Lipinski definition) is 2. The molecule has 0 aliphatic heterocycles. The van der Waals surface area contributed by atoms with Crippen LogP contribution in [0.4, 0.5) is 5.69 Å².